The summed E-state index contributed by atoms with van der Waals surface area (Å²) in [6.07, 6.45) is 5.31. The van der Waals surface area contributed by atoms with E-state index in [1.807, 2.05) is 49.7 Å². The highest BCUT2D eigenvalue weighted by Gasteiger charge is 2.08. The maximum absolute atomic E-state index is 12.0. The number of nitrogens with zero attached hydrogens (tertiary/aromatic N) is 4. The van der Waals surface area contributed by atoms with E-state index in [4.69, 9.17) is 0 Å². The maximum atomic E-state index is 12.0. The van der Waals surface area contributed by atoms with Crippen molar-refractivity contribution in [1.29, 1.82) is 0 Å². The van der Waals surface area contributed by atoms with Gasteiger partial charge >= 0.3 is 0 Å². The van der Waals surface area contributed by atoms with Crippen molar-refractivity contribution in [3.05, 3.63) is 18.0 Å². The summed E-state index contributed by atoms with van der Waals surface area (Å²) in [5.41, 5.74) is 1.17. The molecular formula is C17H32N6O. The lowest BCUT2D eigenvalue weighted by atomic mass is 10.3. The van der Waals surface area contributed by atoms with Crippen LogP contribution in [0.25, 0.3) is 0 Å². The van der Waals surface area contributed by atoms with Crippen molar-refractivity contribution in [2.24, 2.45) is 4.99 Å². The lowest BCUT2D eigenvalue weighted by Gasteiger charge is -2.19. The number of rotatable bonds is 10. The predicted octanol–water partition coefficient (Wildman–Crippen LogP) is 1.40. The number of nitrogens with one attached hydrogen (secondary N) is 2. The first kappa shape index (κ1) is 20.0. The minimum Gasteiger partial charge on any atom is -0.357 e. The zero-order chi connectivity index (χ0) is 17.8. The van der Waals surface area contributed by atoms with E-state index in [0.717, 1.165) is 45.1 Å². The molecule has 0 aliphatic rings. The Bertz CT molecular complexity index is 507. The van der Waals surface area contributed by atoms with Crippen LogP contribution >= 0.6 is 0 Å². The van der Waals surface area contributed by atoms with Crippen LogP contribution in [-0.2, 0) is 11.3 Å². The first-order chi connectivity index (χ1) is 11.6. The fourth-order valence-corrected chi connectivity index (χ4v) is 2.38. The lowest BCUT2D eigenvalue weighted by Crippen LogP contribution is -2.40. The Hall–Kier alpha value is -2.05. The molecule has 24 heavy (non-hydrogen) atoms. The van der Waals surface area contributed by atoms with Gasteiger partial charge < -0.3 is 15.5 Å². The second-order valence-electron chi connectivity index (χ2n) is 5.64. The first-order valence-electron chi connectivity index (χ1n) is 8.89. The van der Waals surface area contributed by atoms with E-state index in [-0.39, 0.29) is 5.91 Å². The Morgan fingerprint density at radius 1 is 1.29 bits per heavy atom. The van der Waals surface area contributed by atoms with E-state index in [9.17, 15) is 4.79 Å². The zero-order valence-corrected chi connectivity index (χ0v) is 15.5. The number of amides is 1. The summed E-state index contributed by atoms with van der Waals surface area (Å²) in [5, 5.41) is 10.7. The standard InChI is InChI=1S/C17H32N6O/c1-5-18-17(20-11-9-16(24)22(6-2)7-3)19-10-8-12-23-14-15(4)13-21-23/h13-14H,5-12H2,1-4H3,(H2,18,19,20). The van der Waals surface area contributed by atoms with Crippen molar-refractivity contribution in [3.63, 3.8) is 0 Å². The lowest BCUT2D eigenvalue weighted by molar-refractivity contribution is -0.130. The number of aromatic nitrogens is 2. The molecule has 0 atom stereocenters. The monoisotopic (exact) mass is 336 g/mol. The molecule has 0 bridgehead atoms. The van der Waals surface area contributed by atoms with E-state index in [0.29, 0.717) is 13.0 Å². The molecular weight excluding hydrogens is 304 g/mol. The molecule has 1 rings (SSSR count). The SMILES string of the molecule is CCNC(=NCCCn1cc(C)cn1)NCCC(=O)N(CC)CC. The molecule has 0 aliphatic carbocycles. The van der Waals surface area contributed by atoms with Crippen LogP contribution in [0.15, 0.2) is 17.4 Å². The number of aliphatic imine (C=N–C) groups is 1. The van der Waals surface area contributed by atoms with Crippen molar-refractivity contribution in [2.75, 3.05) is 32.7 Å². The summed E-state index contributed by atoms with van der Waals surface area (Å²) in [5.74, 6) is 0.943. The van der Waals surface area contributed by atoms with Gasteiger partial charge in [-0.3, -0.25) is 14.5 Å². The number of guanidine groups is 1. The van der Waals surface area contributed by atoms with Gasteiger partial charge in [0.05, 0.1) is 6.20 Å². The molecule has 1 amide bonds. The summed E-state index contributed by atoms with van der Waals surface area (Å²) in [6.45, 7) is 12.6. The Kier molecular flexibility index (Phi) is 9.56. The van der Waals surface area contributed by atoms with Crippen LogP contribution in [0, 0.1) is 6.92 Å². The van der Waals surface area contributed by atoms with E-state index < -0.39 is 0 Å². The van der Waals surface area contributed by atoms with Crippen LogP contribution in [-0.4, -0.2) is 59.3 Å². The summed E-state index contributed by atoms with van der Waals surface area (Å²) in [4.78, 5) is 18.4. The molecule has 136 valence electrons. The van der Waals surface area contributed by atoms with Crippen LogP contribution < -0.4 is 10.6 Å². The molecule has 7 heteroatoms. The molecule has 0 saturated heterocycles. The third-order valence-corrected chi connectivity index (χ3v) is 3.67. The summed E-state index contributed by atoms with van der Waals surface area (Å²) in [6, 6.07) is 0. The minimum atomic E-state index is 0.178. The second-order valence-corrected chi connectivity index (χ2v) is 5.64. The van der Waals surface area contributed by atoms with Gasteiger partial charge in [-0.15, -0.1) is 0 Å². The van der Waals surface area contributed by atoms with E-state index in [1.54, 1.807) is 0 Å². The van der Waals surface area contributed by atoms with Gasteiger partial charge in [-0.05, 0) is 39.7 Å². The zero-order valence-electron chi connectivity index (χ0n) is 15.5. The van der Waals surface area contributed by atoms with Gasteiger partial charge in [-0.2, -0.15) is 5.10 Å². The Balaban J connectivity index is 2.32. The van der Waals surface area contributed by atoms with Crippen LogP contribution in [0.3, 0.4) is 0 Å². The average Bonchev–Trinajstić information content (AvgIpc) is 2.98. The van der Waals surface area contributed by atoms with Crippen LogP contribution in [0.5, 0.6) is 0 Å². The normalized spacial score (nSPS) is 11.4. The van der Waals surface area contributed by atoms with Gasteiger partial charge in [-0.25, -0.2) is 0 Å². The molecule has 1 aromatic rings. The van der Waals surface area contributed by atoms with Crippen molar-refractivity contribution >= 4 is 11.9 Å². The molecule has 0 fully saturated rings. The number of aryl methyl sites for hydroxylation is 2. The minimum absolute atomic E-state index is 0.178. The fraction of sp³-hybridized carbons (Fsp3) is 0.706. The number of hydrogen-bond donors (Lipinski definition) is 2. The molecule has 2 N–H and O–H groups in total. The van der Waals surface area contributed by atoms with Gasteiger partial charge in [-0.1, -0.05) is 0 Å². The molecule has 7 nitrogen and oxygen atoms in total. The number of carbonyl (C=O) groups is 1. The molecule has 0 aromatic carbocycles. The van der Waals surface area contributed by atoms with Crippen LogP contribution in [0.4, 0.5) is 0 Å². The van der Waals surface area contributed by atoms with E-state index in [1.165, 1.54) is 5.56 Å². The van der Waals surface area contributed by atoms with Crippen molar-refractivity contribution in [3.8, 4) is 0 Å². The van der Waals surface area contributed by atoms with Crippen molar-refractivity contribution in [1.82, 2.24) is 25.3 Å². The smallest absolute Gasteiger partial charge is 0.224 e. The van der Waals surface area contributed by atoms with Crippen LogP contribution in [0.2, 0.25) is 0 Å². The first-order valence-corrected chi connectivity index (χ1v) is 8.89. The third kappa shape index (κ3) is 7.48. The molecule has 1 aromatic heterocycles. The average molecular weight is 336 g/mol. The van der Waals surface area contributed by atoms with Gasteiger partial charge in [0.15, 0.2) is 5.96 Å². The highest BCUT2D eigenvalue weighted by Crippen LogP contribution is 1.96. The fourth-order valence-electron chi connectivity index (χ4n) is 2.38. The summed E-state index contributed by atoms with van der Waals surface area (Å²) < 4.78 is 1.94. The van der Waals surface area contributed by atoms with E-state index >= 15 is 0 Å². The maximum Gasteiger partial charge on any atom is 0.224 e. The Morgan fingerprint density at radius 2 is 2.04 bits per heavy atom. The summed E-state index contributed by atoms with van der Waals surface area (Å²) in [7, 11) is 0. The van der Waals surface area contributed by atoms with Gasteiger partial charge in [0.25, 0.3) is 0 Å². The van der Waals surface area contributed by atoms with Crippen molar-refractivity contribution < 1.29 is 4.79 Å². The largest absolute Gasteiger partial charge is 0.357 e. The Morgan fingerprint density at radius 3 is 2.62 bits per heavy atom. The topological polar surface area (TPSA) is 74.5 Å². The van der Waals surface area contributed by atoms with Gasteiger partial charge in [0.2, 0.25) is 5.91 Å². The van der Waals surface area contributed by atoms with E-state index in [2.05, 4.69) is 20.7 Å². The number of hydrogen-bond acceptors (Lipinski definition) is 3. The molecule has 0 saturated carbocycles. The molecule has 0 spiro atoms. The van der Waals surface area contributed by atoms with Crippen molar-refractivity contribution in [2.45, 2.75) is 47.1 Å². The van der Waals surface area contributed by atoms with Crippen LogP contribution in [0.1, 0.15) is 39.2 Å². The molecule has 1 heterocycles. The van der Waals surface area contributed by atoms with Gasteiger partial charge in [0, 0.05) is 51.9 Å². The molecule has 0 unspecified atom stereocenters. The Labute approximate surface area is 145 Å². The highest BCUT2D eigenvalue weighted by atomic mass is 16.2. The predicted molar refractivity (Wildman–Crippen MR) is 98.1 cm³/mol. The quantitative estimate of drug-likeness (QED) is 0.385. The van der Waals surface area contributed by atoms with Gasteiger partial charge in [0.1, 0.15) is 0 Å². The second kappa shape index (κ2) is 11.5. The number of carbonyl (C=O) groups excluding carboxylic acids is 1. The molecule has 0 aliphatic heterocycles. The third-order valence-electron chi connectivity index (χ3n) is 3.67. The summed E-state index contributed by atoms with van der Waals surface area (Å²) >= 11 is 0. The molecule has 0 radical (unpaired) electrons. The highest BCUT2D eigenvalue weighted by molar-refractivity contribution is 5.81.